The van der Waals surface area contributed by atoms with Crippen LogP contribution in [0.25, 0.3) is 10.8 Å². The van der Waals surface area contributed by atoms with Gasteiger partial charge in [0.05, 0.1) is 0 Å². The number of aryl methyl sites for hydroxylation is 1. The van der Waals surface area contributed by atoms with Gasteiger partial charge in [0, 0.05) is 24.1 Å². The fourth-order valence-electron chi connectivity index (χ4n) is 2.44. The second-order valence-electron chi connectivity index (χ2n) is 5.19. The van der Waals surface area contributed by atoms with Gasteiger partial charge in [-0.05, 0) is 48.0 Å². The summed E-state index contributed by atoms with van der Waals surface area (Å²) in [5, 5.41) is 2.53. The fourth-order valence-corrected chi connectivity index (χ4v) is 2.44. The van der Waals surface area contributed by atoms with Crippen molar-refractivity contribution < 1.29 is 0 Å². The van der Waals surface area contributed by atoms with E-state index in [4.69, 9.17) is 5.73 Å². The van der Waals surface area contributed by atoms with Crippen molar-refractivity contribution in [1.29, 1.82) is 0 Å². The lowest BCUT2D eigenvalue weighted by atomic mass is 10.1. The molecular weight excluding hydrogens is 244 g/mol. The van der Waals surface area contributed by atoms with Gasteiger partial charge in [0.2, 0.25) is 0 Å². The molecule has 0 saturated heterocycles. The maximum Gasteiger partial charge on any atom is 0.0428 e. The van der Waals surface area contributed by atoms with Gasteiger partial charge in [-0.1, -0.05) is 35.9 Å². The zero-order chi connectivity index (χ0) is 14.1. The van der Waals surface area contributed by atoms with E-state index < -0.39 is 0 Å². The summed E-state index contributed by atoms with van der Waals surface area (Å²) in [5.41, 5.74) is 10.2. The Morgan fingerprint density at radius 3 is 2.30 bits per heavy atom. The van der Waals surface area contributed by atoms with Crippen LogP contribution in [0.1, 0.15) is 5.56 Å². The van der Waals surface area contributed by atoms with Crippen LogP contribution in [0.4, 0.5) is 17.1 Å². The topological polar surface area (TPSA) is 29.3 Å². The average molecular weight is 262 g/mol. The van der Waals surface area contributed by atoms with Crippen molar-refractivity contribution >= 4 is 27.8 Å². The Morgan fingerprint density at radius 2 is 1.50 bits per heavy atom. The quantitative estimate of drug-likeness (QED) is 0.689. The van der Waals surface area contributed by atoms with E-state index in [1.54, 1.807) is 0 Å². The van der Waals surface area contributed by atoms with Crippen molar-refractivity contribution in [3.05, 3.63) is 66.2 Å². The Hall–Kier alpha value is -2.48. The molecule has 0 aromatic heterocycles. The number of hydrogen-bond acceptors (Lipinski definition) is 2. The Bertz CT molecular complexity index is 762. The van der Waals surface area contributed by atoms with Gasteiger partial charge in [0.15, 0.2) is 0 Å². The molecule has 3 aromatic rings. The van der Waals surface area contributed by atoms with Crippen LogP contribution in [-0.2, 0) is 0 Å². The molecule has 0 radical (unpaired) electrons. The molecule has 0 aliphatic carbocycles. The van der Waals surface area contributed by atoms with E-state index in [0.29, 0.717) is 0 Å². The summed E-state index contributed by atoms with van der Waals surface area (Å²) < 4.78 is 0. The van der Waals surface area contributed by atoms with Crippen molar-refractivity contribution in [2.24, 2.45) is 0 Å². The number of anilines is 3. The molecule has 3 rings (SSSR count). The third kappa shape index (κ3) is 2.32. The lowest BCUT2D eigenvalue weighted by Crippen LogP contribution is -2.09. The van der Waals surface area contributed by atoms with Crippen LogP contribution in [0.3, 0.4) is 0 Å². The van der Waals surface area contributed by atoms with Gasteiger partial charge in [-0.15, -0.1) is 0 Å². The molecule has 0 atom stereocenters. The van der Waals surface area contributed by atoms with Gasteiger partial charge in [-0.2, -0.15) is 0 Å². The molecule has 0 unspecified atom stereocenters. The number of nitrogen functional groups attached to an aromatic ring is 1. The summed E-state index contributed by atoms with van der Waals surface area (Å²) >= 11 is 0. The number of fused-ring (bicyclic) bond motifs is 1. The normalized spacial score (nSPS) is 10.7. The zero-order valence-electron chi connectivity index (χ0n) is 11.8. The Labute approximate surface area is 119 Å². The molecule has 2 heteroatoms. The molecule has 0 fully saturated rings. The largest absolute Gasteiger partial charge is 0.399 e. The minimum atomic E-state index is 0.783. The lowest BCUT2D eigenvalue weighted by molar-refractivity contribution is 1.21. The highest BCUT2D eigenvalue weighted by Gasteiger charge is 2.05. The van der Waals surface area contributed by atoms with E-state index in [2.05, 4.69) is 61.3 Å². The van der Waals surface area contributed by atoms with Crippen molar-refractivity contribution in [2.45, 2.75) is 6.92 Å². The molecule has 2 nitrogen and oxygen atoms in total. The van der Waals surface area contributed by atoms with Gasteiger partial charge >= 0.3 is 0 Å². The van der Waals surface area contributed by atoms with E-state index >= 15 is 0 Å². The fraction of sp³-hybridized carbons (Fsp3) is 0.111. The lowest BCUT2D eigenvalue weighted by Gasteiger charge is -2.20. The number of rotatable bonds is 2. The number of hydrogen-bond donors (Lipinski definition) is 1. The SMILES string of the molecule is Cc1ccc2cc(N(C)c3cccc(N)c3)ccc2c1. The van der Waals surface area contributed by atoms with Gasteiger partial charge in [0.25, 0.3) is 0 Å². The molecule has 0 aliphatic rings. The van der Waals surface area contributed by atoms with Crippen molar-refractivity contribution in [1.82, 2.24) is 0 Å². The van der Waals surface area contributed by atoms with Crippen LogP contribution in [0, 0.1) is 6.92 Å². The van der Waals surface area contributed by atoms with E-state index in [1.165, 1.54) is 16.3 Å². The van der Waals surface area contributed by atoms with Crippen molar-refractivity contribution in [3.8, 4) is 0 Å². The molecule has 3 aromatic carbocycles. The van der Waals surface area contributed by atoms with E-state index in [0.717, 1.165) is 17.1 Å². The predicted molar refractivity (Wildman–Crippen MR) is 87.6 cm³/mol. The molecule has 0 saturated carbocycles. The summed E-state index contributed by atoms with van der Waals surface area (Å²) in [6.07, 6.45) is 0. The maximum atomic E-state index is 5.85. The van der Waals surface area contributed by atoms with E-state index in [9.17, 15) is 0 Å². The first-order valence-corrected chi connectivity index (χ1v) is 6.73. The highest BCUT2D eigenvalue weighted by atomic mass is 15.1. The Balaban J connectivity index is 2.03. The molecule has 100 valence electrons. The second-order valence-corrected chi connectivity index (χ2v) is 5.19. The monoisotopic (exact) mass is 262 g/mol. The van der Waals surface area contributed by atoms with Gasteiger partial charge < -0.3 is 10.6 Å². The first-order valence-electron chi connectivity index (χ1n) is 6.73. The molecule has 20 heavy (non-hydrogen) atoms. The molecule has 0 spiro atoms. The van der Waals surface area contributed by atoms with E-state index in [-0.39, 0.29) is 0 Å². The third-order valence-electron chi connectivity index (χ3n) is 3.62. The number of nitrogens with two attached hydrogens (primary N) is 1. The van der Waals surface area contributed by atoms with Gasteiger partial charge in [0.1, 0.15) is 0 Å². The first-order chi connectivity index (χ1) is 9.63. The van der Waals surface area contributed by atoms with Crippen LogP contribution in [0.2, 0.25) is 0 Å². The minimum Gasteiger partial charge on any atom is -0.399 e. The number of nitrogens with zero attached hydrogens (tertiary/aromatic N) is 1. The maximum absolute atomic E-state index is 5.85. The van der Waals surface area contributed by atoms with Gasteiger partial charge in [-0.3, -0.25) is 0 Å². The Morgan fingerprint density at radius 1 is 0.800 bits per heavy atom. The molecule has 0 amide bonds. The summed E-state index contributed by atoms with van der Waals surface area (Å²) in [6.45, 7) is 2.12. The molecule has 0 heterocycles. The highest BCUT2D eigenvalue weighted by molar-refractivity contribution is 5.87. The zero-order valence-corrected chi connectivity index (χ0v) is 11.8. The third-order valence-corrected chi connectivity index (χ3v) is 3.62. The summed E-state index contributed by atoms with van der Waals surface area (Å²) in [6, 6.07) is 21.0. The summed E-state index contributed by atoms with van der Waals surface area (Å²) in [5.74, 6) is 0. The molecule has 2 N–H and O–H groups in total. The van der Waals surface area contributed by atoms with Crippen LogP contribution >= 0.6 is 0 Å². The summed E-state index contributed by atoms with van der Waals surface area (Å²) in [7, 11) is 2.06. The molecule has 0 bridgehead atoms. The second kappa shape index (κ2) is 4.89. The molecule has 0 aliphatic heterocycles. The Kier molecular flexibility index (Phi) is 3.07. The summed E-state index contributed by atoms with van der Waals surface area (Å²) in [4.78, 5) is 2.15. The van der Waals surface area contributed by atoms with Gasteiger partial charge in [-0.25, -0.2) is 0 Å². The van der Waals surface area contributed by atoms with Crippen molar-refractivity contribution in [3.63, 3.8) is 0 Å². The first kappa shape index (κ1) is 12.5. The van der Waals surface area contributed by atoms with Crippen LogP contribution in [0.5, 0.6) is 0 Å². The van der Waals surface area contributed by atoms with Crippen LogP contribution < -0.4 is 10.6 Å². The van der Waals surface area contributed by atoms with E-state index in [1.807, 2.05) is 18.2 Å². The molecular formula is C18H18N2. The van der Waals surface area contributed by atoms with Crippen LogP contribution in [-0.4, -0.2) is 7.05 Å². The smallest absolute Gasteiger partial charge is 0.0428 e. The highest BCUT2D eigenvalue weighted by Crippen LogP contribution is 2.28. The van der Waals surface area contributed by atoms with Crippen LogP contribution in [0.15, 0.2) is 60.7 Å². The standard InChI is InChI=1S/C18H18N2/c1-13-6-7-15-11-18(9-8-14(15)10-13)20(2)17-5-3-4-16(19)12-17/h3-12H,19H2,1-2H3. The average Bonchev–Trinajstić information content (AvgIpc) is 2.46. The number of benzene rings is 3. The predicted octanol–water partition coefficient (Wildman–Crippen LogP) is 4.50. The minimum absolute atomic E-state index is 0.783. The van der Waals surface area contributed by atoms with Crippen molar-refractivity contribution in [2.75, 3.05) is 17.7 Å².